The molecular formula is C16H23N5O2S2. The first-order valence-corrected chi connectivity index (χ1v) is 10.6. The monoisotopic (exact) mass is 381 g/mol. The number of hydrogen-bond donors (Lipinski definition) is 0. The molecule has 1 fully saturated rings. The lowest BCUT2D eigenvalue weighted by atomic mass is 10.1. The van der Waals surface area contributed by atoms with Crippen LogP contribution < -0.4 is 0 Å². The number of aryl methyl sites for hydroxylation is 2. The van der Waals surface area contributed by atoms with Crippen molar-refractivity contribution in [2.24, 2.45) is 0 Å². The molecule has 1 atom stereocenters. The quantitative estimate of drug-likeness (QED) is 0.737. The molecule has 9 heteroatoms. The maximum Gasteiger partial charge on any atom is 0.221 e. The van der Waals surface area contributed by atoms with Gasteiger partial charge in [0.05, 0.1) is 23.9 Å². The van der Waals surface area contributed by atoms with Crippen molar-refractivity contribution < 1.29 is 8.42 Å². The van der Waals surface area contributed by atoms with Gasteiger partial charge in [-0.25, -0.2) is 13.1 Å². The standard InChI is InChI=1S/C16H23N5O2S2/c1-4-19(14-7-8-25(22,23)10-14)11-20-16(24)21(18-17-20)15-6-5-12(2)9-13(15)3/h5-6,9,14H,4,7-8,10-11H2,1-3H3/t14-/m0/s1. The van der Waals surface area contributed by atoms with Crippen LogP contribution in [0.1, 0.15) is 24.5 Å². The Labute approximate surface area is 153 Å². The second-order valence-electron chi connectivity index (χ2n) is 6.57. The van der Waals surface area contributed by atoms with Crippen LogP contribution in [0, 0.1) is 18.6 Å². The molecule has 0 N–H and O–H groups in total. The maximum absolute atomic E-state index is 11.7. The molecule has 1 aromatic carbocycles. The first kappa shape index (κ1) is 18.2. The Balaban J connectivity index is 1.84. The van der Waals surface area contributed by atoms with Crippen LogP contribution in [0.25, 0.3) is 5.69 Å². The maximum atomic E-state index is 11.7. The minimum atomic E-state index is -2.92. The summed E-state index contributed by atoms with van der Waals surface area (Å²) < 4.78 is 27.3. The van der Waals surface area contributed by atoms with E-state index in [9.17, 15) is 8.42 Å². The summed E-state index contributed by atoms with van der Waals surface area (Å²) in [5.74, 6) is 0.466. The van der Waals surface area contributed by atoms with Crippen molar-refractivity contribution in [3.63, 3.8) is 0 Å². The molecule has 1 aliphatic rings. The summed E-state index contributed by atoms with van der Waals surface area (Å²) in [5.41, 5.74) is 3.17. The summed E-state index contributed by atoms with van der Waals surface area (Å²) >= 11 is 5.54. The summed E-state index contributed by atoms with van der Waals surface area (Å²) in [6, 6.07) is 6.10. The lowest BCUT2D eigenvalue weighted by Gasteiger charge is -2.25. The van der Waals surface area contributed by atoms with E-state index in [4.69, 9.17) is 12.2 Å². The van der Waals surface area contributed by atoms with Crippen LogP contribution >= 0.6 is 12.2 Å². The van der Waals surface area contributed by atoms with Gasteiger partial charge < -0.3 is 0 Å². The van der Waals surface area contributed by atoms with Gasteiger partial charge in [-0.1, -0.05) is 24.6 Å². The average molecular weight is 382 g/mol. The molecular weight excluding hydrogens is 358 g/mol. The Morgan fingerprint density at radius 1 is 1.32 bits per heavy atom. The first-order valence-electron chi connectivity index (χ1n) is 8.35. The first-order chi connectivity index (χ1) is 11.8. The van der Waals surface area contributed by atoms with E-state index in [2.05, 4.69) is 21.4 Å². The molecule has 136 valence electrons. The predicted molar refractivity (Wildman–Crippen MR) is 99.1 cm³/mol. The van der Waals surface area contributed by atoms with Crippen molar-refractivity contribution in [2.45, 2.75) is 39.9 Å². The molecule has 1 aliphatic heterocycles. The number of rotatable bonds is 5. The molecule has 0 radical (unpaired) electrons. The van der Waals surface area contributed by atoms with Crippen LogP contribution in [0.4, 0.5) is 0 Å². The van der Waals surface area contributed by atoms with Crippen molar-refractivity contribution >= 4 is 22.1 Å². The molecule has 0 bridgehead atoms. The van der Waals surface area contributed by atoms with Crippen LogP contribution in [0.5, 0.6) is 0 Å². The highest BCUT2D eigenvalue weighted by Gasteiger charge is 2.32. The Hall–Kier alpha value is -1.58. The molecule has 7 nitrogen and oxygen atoms in total. The van der Waals surface area contributed by atoms with E-state index >= 15 is 0 Å². The third-order valence-corrected chi connectivity index (χ3v) is 6.80. The minimum Gasteiger partial charge on any atom is -0.280 e. The fourth-order valence-electron chi connectivity index (χ4n) is 3.27. The number of benzene rings is 1. The Bertz CT molecular complexity index is 932. The van der Waals surface area contributed by atoms with Gasteiger partial charge in [-0.3, -0.25) is 4.90 Å². The highest BCUT2D eigenvalue weighted by molar-refractivity contribution is 7.91. The highest BCUT2D eigenvalue weighted by atomic mass is 32.2. The van der Waals surface area contributed by atoms with E-state index in [0.717, 1.165) is 17.8 Å². The Morgan fingerprint density at radius 2 is 2.08 bits per heavy atom. The minimum absolute atomic E-state index is 0.0168. The van der Waals surface area contributed by atoms with E-state index in [1.807, 2.05) is 32.9 Å². The summed E-state index contributed by atoms with van der Waals surface area (Å²) in [4.78, 5) is 2.10. The lowest BCUT2D eigenvalue weighted by molar-refractivity contribution is 0.162. The largest absolute Gasteiger partial charge is 0.280 e. The second-order valence-corrected chi connectivity index (χ2v) is 9.16. The zero-order valence-electron chi connectivity index (χ0n) is 14.7. The van der Waals surface area contributed by atoms with Crippen LogP contribution in [0.3, 0.4) is 0 Å². The van der Waals surface area contributed by atoms with Crippen molar-refractivity contribution in [1.29, 1.82) is 0 Å². The Kier molecular flexibility index (Phi) is 5.08. The normalized spacial score (nSPS) is 19.6. The van der Waals surface area contributed by atoms with Crippen LogP contribution in [0.15, 0.2) is 18.2 Å². The Morgan fingerprint density at radius 3 is 2.68 bits per heavy atom. The van der Waals surface area contributed by atoms with E-state index in [0.29, 0.717) is 17.9 Å². The predicted octanol–water partition coefficient (Wildman–Crippen LogP) is 1.88. The smallest absolute Gasteiger partial charge is 0.221 e. The SMILES string of the molecule is CCN(Cn1nnn(-c2ccc(C)cc2C)c1=S)[C@H]1CCS(=O)(=O)C1. The third-order valence-electron chi connectivity index (χ3n) is 4.67. The van der Waals surface area contributed by atoms with Gasteiger partial charge in [-0.2, -0.15) is 4.68 Å². The van der Waals surface area contributed by atoms with Gasteiger partial charge in [0.2, 0.25) is 4.77 Å². The molecule has 1 saturated heterocycles. The van der Waals surface area contributed by atoms with E-state index in [-0.39, 0.29) is 17.5 Å². The molecule has 1 aromatic heterocycles. The summed E-state index contributed by atoms with van der Waals surface area (Å²) in [6.45, 7) is 7.26. The average Bonchev–Trinajstić information content (AvgIpc) is 3.08. The van der Waals surface area contributed by atoms with Crippen LogP contribution in [-0.4, -0.2) is 57.2 Å². The number of aromatic nitrogens is 4. The number of hydrogen-bond acceptors (Lipinski definition) is 6. The van der Waals surface area contributed by atoms with E-state index < -0.39 is 9.84 Å². The molecule has 25 heavy (non-hydrogen) atoms. The van der Waals surface area contributed by atoms with Crippen molar-refractivity contribution in [2.75, 3.05) is 18.1 Å². The molecule has 3 rings (SSSR count). The van der Waals surface area contributed by atoms with Gasteiger partial charge in [-0.15, -0.1) is 0 Å². The van der Waals surface area contributed by atoms with Crippen LogP contribution in [0.2, 0.25) is 0 Å². The molecule has 0 unspecified atom stereocenters. The van der Waals surface area contributed by atoms with Gasteiger partial charge >= 0.3 is 0 Å². The highest BCUT2D eigenvalue weighted by Crippen LogP contribution is 2.19. The lowest BCUT2D eigenvalue weighted by Crippen LogP contribution is -2.37. The summed E-state index contributed by atoms with van der Waals surface area (Å²) in [5, 5.41) is 8.39. The van der Waals surface area contributed by atoms with Crippen molar-refractivity contribution in [1.82, 2.24) is 24.7 Å². The van der Waals surface area contributed by atoms with E-state index in [1.54, 1.807) is 9.36 Å². The van der Waals surface area contributed by atoms with Gasteiger partial charge in [0.1, 0.15) is 0 Å². The molecule has 0 amide bonds. The van der Waals surface area contributed by atoms with Crippen LogP contribution in [-0.2, 0) is 16.5 Å². The molecule has 2 heterocycles. The number of sulfone groups is 1. The fraction of sp³-hybridized carbons (Fsp3) is 0.562. The molecule has 0 aliphatic carbocycles. The van der Waals surface area contributed by atoms with Gasteiger partial charge in [0.25, 0.3) is 0 Å². The number of tetrazole rings is 1. The molecule has 0 spiro atoms. The van der Waals surface area contributed by atoms with E-state index in [1.165, 1.54) is 5.56 Å². The third kappa shape index (κ3) is 3.83. The zero-order valence-corrected chi connectivity index (χ0v) is 16.3. The van der Waals surface area contributed by atoms with Gasteiger partial charge in [0.15, 0.2) is 9.84 Å². The van der Waals surface area contributed by atoms with Gasteiger partial charge in [0, 0.05) is 6.04 Å². The van der Waals surface area contributed by atoms with Crippen molar-refractivity contribution in [3.8, 4) is 5.69 Å². The second kappa shape index (κ2) is 6.97. The topological polar surface area (TPSA) is 73.0 Å². The van der Waals surface area contributed by atoms with Gasteiger partial charge in [-0.05, 0) is 61.1 Å². The summed E-state index contributed by atoms with van der Waals surface area (Å²) in [6.07, 6.45) is 0.661. The molecule has 2 aromatic rings. The fourth-order valence-corrected chi connectivity index (χ4v) is 5.26. The zero-order chi connectivity index (χ0) is 18.2. The molecule has 0 saturated carbocycles. The summed E-state index contributed by atoms with van der Waals surface area (Å²) in [7, 11) is -2.92. The number of nitrogens with zero attached hydrogens (tertiary/aromatic N) is 5. The van der Waals surface area contributed by atoms with Crippen molar-refractivity contribution in [3.05, 3.63) is 34.1 Å².